The summed E-state index contributed by atoms with van der Waals surface area (Å²) in [5.74, 6) is -0.506. The molecule has 21 heavy (non-hydrogen) atoms. The van der Waals surface area contributed by atoms with E-state index >= 15 is 0 Å². The van der Waals surface area contributed by atoms with Crippen molar-refractivity contribution in [1.29, 1.82) is 0 Å². The molecule has 0 spiro atoms. The molecule has 6 heteroatoms. The molecule has 0 amide bonds. The highest BCUT2D eigenvalue weighted by Crippen LogP contribution is 2.23. The van der Waals surface area contributed by atoms with Crippen LogP contribution in [0.1, 0.15) is 30.1 Å². The number of hydrogen-bond donors (Lipinski definition) is 2. The van der Waals surface area contributed by atoms with Crippen LogP contribution in [0.25, 0.3) is 0 Å². The van der Waals surface area contributed by atoms with Crippen molar-refractivity contribution in [3.05, 3.63) is 63.6 Å². The lowest BCUT2D eigenvalue weighted by atomic mass is 10.0. The third kappa shape index (κ3) is 4.14. The molecule has 0 fully saturated rings. The van der Waals surface area contributed by atoms with Crippen LogP contribution in [-0.2, 0) is 0 Å². The molecule has 2 N–H and O–H groups in total. The van der Waals surface area contributed by atoms with Gasteiger partial charge in [0.15, 0.2) is 0 Å². The summed E-state index contributed by atoms with van der Waals surface area (Å²) in [4.78, 5) is 3.93. The molecular formula is C15H15Cl2FN2O. The summed E-state index contributed by atoms with van der Waals surface area (Å²) in [7, 11) is 0. The maximum atomic E-state index is 13.5. The smallest absolute Gasteiger partial charge is 0.142 e. The van der Waals surface area contributed by atoms with Crippen molar-refractivity contribution in [1.82, 2.24) is 10.3 Å². The first-order valence-electron chi connectivity index (χ1n) is 6.44. The third-order valence-corrected chi connectivity index (χ3v) is 3.74. The fraction of sp³-hybridized carbons (Fsp3) is 0.267. The van der Waals surface area contributed by atoms with E-state index < -0.39 is 11.9 Å². The number of aliphatic hydroxyl groups is 1. The molecule has 2 unspecified atom stereocenters. The molecule has 0 saturated carbocycles. The molecule has 3 nitrogen and oxygen atoms in total. The zero-order valence-corrected chi connectivity index (χ0v) is 12.9. The van der Waals surface area contributed by atoms with E-state index in [-0.39, 0.29) is 17.7 Å². The Morgan fingerprint density at radius 1 is 1.24 bits per heavy atom. The lowest BCUT2D eigenvalue weighted by Gasteiger charge is -2.22. The van der Waals surface area contributed by atoms with Crippen LogP contribution in [0, 0.1) is 5.82 Å². The summed E-state index contributed by atoms with van der Waals surface area (Å²) in [6.07, 6.45) is 1.62. The topological polar surface area (TPSA) is 45.1 Å². The Morgan fingerprint density at radius 2 is 2.00 bits per heavy atom. The van der Waals surface area contributed by atoms with E-state index in [1.165, 1.54) is 12.1 Å². The van der Waals surface area contributed by atoms with Crippen LogP contribution in [0.4, 0.5) is 4.39 Å². The van der Waals surface area contributed by atoms with Gasteiger partial charge in [-0.15, -0.1) is 0 Å². The number of rotatable bonds is 5. The summed E-state index contributed by atoms with van der Waals surface area (Å²) in [6.45, 7) is 1.77. The second-order valence-electron chi connectivity index (χ2n) is 4.71. The van der Waals surface area contributed by atoms with Crippen molar-refractivity contribution in [2.75, 3.05) is 6.61 Å². The van der Waals surface area contributed by atoms with Crippen molar-refractivity contribution >= 4 is 23.2 Å². The normalized spacial score (nSPS) is 14.0. The average Bonchev–Trinajstić information content (AvgIpc) is 2.47. The van der Waals surface area contributed by atoms with Crippen molar-refractivity contribution in [2.45, 2.75) is 19.0 Å². The van der Waals surface area contributed by atoms with Gasteiger partial charge in [0.2, 0.25) is 0 Å². The first kappa shape index (κ1) is 16.2. The summed E-state index contributed by atoms with van der Waals surface area (Å²) in [6, 6.07) is 7.58. The summed E-state index contributed by atoms with van der Waals surface area (Å²) >= 11 is 11.5. The number of halogens is 3. The molecule has 2 atom stereocenters. The van der Waals surface area contributed by atoms with E-state index in [9.17, 15) is 9.50 Å². The number of aromatic nitrogens is 1. The van der Waals surface area contributed by atoms with Crippen LogP contribution >= 0.6 is 23.2 Å². The van der Waals surface area contributed by atoms with Crippen molar-refractivity contribution in [3.63, 3.8) is 0 Å². The maximum Gasteiger partial charge on any atom is 0.142 e. The number of nitrogens with one attached hydrogen (secondary N) is 1. The molecule has 0 saturated heterocycles. The van der Waals surface area contributed by atoms with Gasteiger partial charge in [-0.1, -0.05) is 29.3 Å². The lowest BCUT2D eigenvalue weighted by molar-refractivity contribution is 0.235. The van der Waals surface area contributed by atoms with Gasteiger partial charge in [0.1, 0.15) is 11.0 Å². The molecular weight excluding hydrogens is 314 g/mol. The molecule has 0 aliphatic carbocycles. The Kier molecular flexibility index (Phi) is 5.53. The van der Waals surface area contributed by atoms with Crippen molar-refractivity contribution < 1.29 is 9.50 Å². The molecule has 2 aromatic rings. The van der Waals surface area contributed by atoms with Gasteiger partial charge in [0.05, 0.1) is 17.7 Å². The minimum atomic E-state index is -0.506. The zero-order valence-electron chi connectivity index (χ0n) is 11.4. The lowest BCUT2D eigenvalue weighted by Crippen LogP contribution is -2.27. The zero-order chi connectivity index (χ0) is 15.4. The third-order valence-electron chi connectivity index (χ3n) is 3.23. The highest BCUT2D eigenvalue weighted by atomic mass is 35.5. The summed E-state index contributed by atoms with van der Waals surface area (Å²) in [5.41, 5.74) is 1.56. The largest absolute Gasteiger partial charge is 0.394 e. The van der Waals surface area contributed by atoms with Crippen LogP contribution in [-0.4, -0.2) is 16.7 Å². The highest BCUT2D eigenvalue weighted by molar-refractivity contribution is 6.30. The molecule has 1 aromatic heterocycles. The van der Waals surface area contributed by atoms with Crippen LogP contribution < -0.4 is 5.32 Å². The van der Waals surface area contributed by atoms with E-state index in [2.05, 4.69) is 10.3 Å². The van der Waals surface area contributed by atoms with Crippen molar-refractivity contribution in [3.8, 4) is 0 Å². The number of aliphatic hydroxyl groups excluding tert-OH is 1. The van der Waals surface area contributed by atoms with E-state index in [1.807, 2.05) is 13.0 Å². The van der Waals surface area contributed by atoms with Gasteiger partial charge in [-0.25, -0.2) is 9.37 Å². The fourth-order valence-electron chi connectivity index (χ4n) is 2.07. The SMILES string of the molecule is CC(NC(CO)c1ccc(Cl)c(F)c1)c1ccnc(Cl)c1. The standard InChI is InChI=1S/C15H15Cl2FN2O/c1-9(10-4-5-19-15(17)7-10)20-14(8-21)11-2-3-12(16)13(18)6-11/h2-7,9,14,20-21H,8H2,1H3. The quantitative estimate of drug-likeness (QED) is 0.818. The van der Waals surface area contributed by atoms with Crippen LogP contribution in [0.5, 0.6) is 0 Å². The summed E-state index contributed by atoms with van der Waals surface area (Å²) in [5, 5.41) is 13.2. The van der Waals surface area contributed by atoms with Crippen LogP contribution in [0.2, 0.25) is 10.2 Å². The van der Waals surface area contributed by atoms with E-state index in [0.29, 0.717) is 10.7 Å². The molecule has 2 rings (SSSR count). The van der Waals surface area contributed by atoms with Crippen LogP contribution in [0.15, 0.2) is 36.5 Å². The number of nitrogens with zero attached hydrogens (tertiary/aromatic N) is 1. The second kappa shape index (κ2) is 7.18. The molecule has 0 radical (unpaired) electrons. The molecule has 1 aromatic carbocycles. The highest BCUT2D eigenvalue weighted by Gasteiger charge is 2.16. The van der Waals surface area contributed by atoms with Gasteiger partial charge in [0.25, 0.3) is 0 Å². The first-order chi connectivity index (χ1) is 10.0. The Labute approximate surface area is 132 Å². The molecule has 112 valence electrons. The predicted octanol–water partition coefficient (Wildman–Crippen LogP) is 3.91. The van der Waals surface area contributed by atoms with Gasteiger partial charge in [-0.2, -0.15) is 0 Å². The average molecular weight is 329 g/mol. The van der Waals surface area contributed by atoms with Gasteiger partial charge >= 0.3 is 0 Å². The number of benzene rings is 1. The Balaban J connectivity index is 2.16. The van der Waals surface area contributed by atoms with Crippen LogP contribution in [0.3, 0.4) is 0 Å². The second-order valence-corrected chi connectivity index (χ2v) is 5.50. The molecule has 1 heterocycles. The Hall–Kier alpha value is -1.20. The fourth-order valence-corrected chi connectivity index (χ4v) is 2.37. The van der Waals surface area contributed by atoms with E-state index in [4.69, 9.17) is 23.2 Å². The minimum Gasteiger partial charge on any atom is -0.394 e. The number of pyridine rings is 1. The Bertz CT molecular complexity index is 624. The van der Waals surface area contributed by atoms with E-state index in [1.54, 1.807) is 18.3 Å². The van der Waals surface area contributed by atoms with Gasteiger partial charge in [0, 0.05) is 12.2 Å². The predicted molar refractivity (Wildman–Crippen MR) is 82.0 cm³/mol. The molecule has 0 aliphatic heterocycles. The van der Waals surface area contributed by atoms with Crippen molar-refractivity contribution in [2.24, 2.45) is 0 Å². The van der Waals surface area contributed by atoms with Gasteiger partial charge < -0.3 is 10.4 Å². The van der Waals surface area contributed by atoms with Gasteiger partial charge in [-0.05, 0) is 42.3 Å². The monoisotopic (exact) mass is 328 g/mol. The van der Waals surface area contributed by atoms with E-state index in [0.717, 1.165) is 5.56 Å². The first-order valence-corrected chi connectivity index (χ1v) is 7.20. The molecule has 0 aliphatic rings. The maximum absolute atomic E-state index is 13.5. The van der Waals surface area contributed by atoms with Gasteiger partial charge in [-0.3, -0.25) is 0 Å². The summed E-state index contributed by atoms with van der Waals surface area (Å²) < 4.78 is 13.5. The Morgan fingerprint density at radius 3 is 2.62 bits per heavy atom. The molecule has 0 bridgehead atoms. The minimum absolute atomic E-state index is 0.0596. The number of hydrogen-bond acceptors (Lipinski definition) is 3.